The summed E-state index contributed by atoms with van der Waals surface area (Å²) in [5.74, 6) is 0.513. The summed E-state index contributed by atoms with van der Waals surface area (Å²) in [6, 6.07) is 7.63. The van der Waals surface area contributed by atoms with Gasteiger partial charge in [0.2, 0.25) is 5.91 Å². The van der Waals surface area contributed by atoms with Crippen LogP contribution in [-0.2, 0) is 17.8 Å². The van der Waals surface area contributed by atoms with E-state index in [1.807, 2.05) is 17.2 Å². The number of nitrogens with zero attached hydrogens (tertiary/aromatic N) is 4. The summed E-state index contributed by atoms with van der Waals surface area (Å²) < 4.78 is 0. The molecule has 2 aliphatic heterocycles. The van der Waals surface area contributed by atoms with Gasteiger partial charge in [-0.1, -0.05) is 6.07 Å². The molecule has 4 heterocycles. The number of rotatable bonds is 7. The molecular weight excluding hydrogens is 420 g/mol. The zero-order valence-corrected chi connectivity index (χ0v) is 19.0. The molecule has 1 saturated heterocycles. The maximum absolute atomic E-state index is 12.6. The van der Waals surface area contributed by atoms with Crippen molar-refractivity contribution in [1.82, 2.24) is 25.1 Å². The Morgan fingerprint density at radius 1 is 1.18 bits per heavy atom. The predicted molar refractivity (Wildman–Crippen MR) is 125 cm³/mol. The summed E-state index contributed by atoms with van der Waals surface area (Å²) in [7, 11) is 0. The van der Waals surface area contributed by atoms with Gasteiger partial charge in [0.25, 0.3) is 5.91 Å². The van der Waals surface area contributed by atoms with E-state index in [0.29, 0.717) is 17.9 Å². The lowest BCUT2D eigenvalue weighted by Gasteiger charge is -2.32. The van der Waals surface area contributed by atoms with Gasteiger partial charge in [-0.3, -0.25) is 19.5 Å². The van der Waals surface area contributed by atoms with Gasteiger partial charge in [-0.25, -0.2) is 4.98 Å². The second-order valence-corrected chi connectivity index (χ2v) is 8.81. The van der Waals surface area contributed by atoms with Crippen LogP contribution in [0, 0.1) is 0 Å². The van der Waals surface area contributed by atoms with Crippen LogP contribution in [0.5, 0.6) is 0 Å². The quantitative estimate of drug-likeness (QED) is 0.576. The zero-order valence-electron chi connectivity index (χ0n) is 19.0. The maximum atomic E-state index is 12.6. The number of likely N-dealkylation sites (tertiary alicyclic amines) is 1. The molecule has 2 aromatic heterocycles. The van der Waals surface area contributed by atoms with Gasteiger partial charge in [0.15, 0.2) is 0 Å². The third-order valence-electron chi connectivity index (χ3n) is 6.32. The maximum Gasteiger partial charge on any atom is 0.251 e. The highest BCUT2D eigenvalue weighted by Crippen LogP contribution is 2.17. The van der Waals surface area contributed by atoms with Crippen molar-refractivity contribution in [2.75, 3.05) is 38.0 Å². The lowest BCUT2D eigenvalue weighted by Crippen LogP contribution is -2.42. The molecule has 2 amide bonds. The first-order valence-electron chi connectivity index (χ1n) is 11.6. The molecule has 9 heteroatoms. The van der Waals surface area contributed by atoms with Crippen LogP contribution in [-0.4, -0.2) is 81.6 Å². The number of fused-ring (bicyclic) bond motifs is 1. The van der Waals surface area contributed by atoms with E-state index in [-0.39, 0.29) is 24.4 Å². The van der Waals surface area contributed by atoms with Gasteiger partial charge in [-0.2, -0.15) is 0 Å². The Labute approximate surface area is 194 Å². The van der Waals surface area contributed by atoms with Crippen molar-refractivity contribution in [3.8, 4) is 0 Å². The van der Waals surface area contributed by atoms with Crippen molar-refractivity contribution in [3.63, 3.8) is 0 Å². The molecule has 0 aromatic carbocycles. The van der Waals surface area contributed by atoms with E-state index >= 15 is 0 Å². The van der Waals surface area contributed by atoms with Gasteiger partial charge in [-0.15, -0.1) is 0 Å². The van der Waals surface area contributed by atoms with Crippen LogP contribution in [0.15, 0.2) is 36.7 Å². The molecule has 0 radical (unpaired) electrons. The third kappa shape index (κ3) is 6.27. The van der Waals surface area contributed by atoms with E-state index in [4.69, 9.17) is 0 Å². The summed E-state index contributed by atoms with van der Waals surface area (Å²) in [4.78, 5) is 36.9. The number of β-amino-alcohol motifs (C(OH)–C–C–N with tert-alkyl or cyclic N) is 1. The van der Waals surface area contributed by atoms with Crippen molar-refractivity contribution in [3.05, 3.63) is 53.5 Å². The average molecular weight is 453 g/mol. The topological polar surface area (TPSA) is 111 Å². The fraction of sp³-hybridized carbons (Fsp3) is 0.500. The van der Waals surface area contributed by atoms with Crippen LogP contribution < -0.4 is 10.6 Å². The Balaban J connectivity index is 1.23. The number of aliphatic hydroxyl groups is 1. The summed E-state index contributed by atoms with van der Waals surface area (Å²) in [5.41, 5.74) is 2.82. The van der Waals surface area contributed by atoms with Crippen LogP contribution in [0.1, 0.15) is 41.4 Å². The van der Waals surface area contributed by atoms with Crippen LogP contribution >= 0.6 is 0 Å². The van der Waals surface area contributed by atoms with Gasteiger partial charge >= 0.3 is 0 Å². The first-order valence-corrected chi connectivity index (χ1v) is 11.6. The Morgan fingerprint density at radius 3 is 2.79 bits per heavy atom. The minimum Gasteiger partial charge on any atom is -0.390 e. The van der Waals surface area contributed by atoms with Crippen molar-refractivity contribution < 1.29 is 14.7 Å². The number of aliphatic hydroxyl groups excluding tert-OH is 1. The zero-order chi connectivity index (χ0) is 23.2. The molecule has 1 atom stereocenters. The minimum atomic E-state index is -0.655. The molecular formula is C24H32N6O3. The first-order chi connectivity index (χ1) is 16.0. The Hall–Kier alpha value is -3.04. The van der Waals surface area contributed by atoms with Gasteiger partial charge in [0.1, 0.15) is 5.82 Å². The van der Waals surface area contributed by atoms with Gasteiger partial charge in [0.05, 0.1) is 6.10 Å². The van der Waals surface area contributed by atoms with Crippen molar-refractivity contribution in [2.24, 2.45) is 0 Å². The van der Waals surface area contributed by atoms with Crippen LogP contribution in [0.2, 0.25) is 0 Å². The monoisotopic (exact) mass is 452 g/mol. The number of amides is 2. The number of carbonyl (C=O) groups excluding carboxylic acids is 2. The molecule has 1 fully saturated rings. The number of hydrogen-bond acceptors (Lipinski definition) is 7. The van der Waals surface area contributed by atoms with E-state index in [1.54, 1.807) is 25.3 Å². The third-order valence-corrected chi connectivity index (χ3v) is 6.32. The lowest BCUT2D eigenvalue weighted by atomic mass is 10.0. The lowest BCUT2D eigenvalue weighted by molar-refractivity contribution is -0.129. The standard InChI is InChI=1S/C24H32N6O3/c1-17(31)30-11-5-20(6-12-30)28-23-13-18(4-9-26-23)24(33)27-14-21(32)16-29-10-7-22-19(15-29)3-2-8-25-22/h2-4,8-9,13,20-21,32H,5-7,10-12,14-16H2,1H3,(H,26,28)(H,27,33)/t21-/m0/s1. The number of nitrogens with one attached hydrogen (secondary N) is 2. The fourth-order valence-electron chi connectivity index (χ4n) is 4.45. The summed E-state index contributed by atoms with van der Waals surface area (Å²) in [5, 5.41) is 16.7. The molecule has 0 bridgehead atoms. The molecule has 3 N–H and O–H groups in total. The molecule has 4 rings (SSSR count). The Kier molecular flexibility index (Phi) is 7.51. The molecule has 9 nitrogen and oxygen atoms in total. The molecule has 0 saturated carbocycles. The molecule has 0 unspecified atom stereocenters. The second-order valence-electron chi connectivity index (χ2n) is 8.81. The van der Waals surface area contributed by atoms with Gasteiger partial charge in [0, 0.05) is 82.3 Å². The van der Waals surface area contributed by atoms with Crippen molar-refractivity contribution in [2.45, 2.75) is 44.9 Å². The molecule has 2 aliphatic rings. The highest BCUT2D eigenvalue weighted by molar-refractivity contribution is 5.94. The smallest absolute Gasteiger partial charge is 0.251 e. The van der Waals surface area contributed by atoms with Crippen molar-refractivity contribution >= 4 is 17.6 Å². The molecule has 176 valence electrons. The number of aromatic nitrogens is 2. The first kappa shape index (κ1) is 23.1. The summed E-state index contributed by atoms with van der Waals surface area (Å²) >= 11 is 0. The highest BCUT2D eigenvalue weighted by Gasteiger charge is 2.22. The highest BCUT2D eigenvalue weighted by atomic mass is 16.3. The second kappa shape index (κ2) is 10.7. The summed E-state index contributed by atoms with van der Waals surface area (Å²) in [6.45, 7) is 5.34. The van der Waals surface area contributed by atoms with E-state index in [9.17, 15) is 14.7 Å². The fourth-order valence-corrected chi connectivity index (χ4v) is 4.45. The van der Waals surface area contributed by atoms with Gasteiger partial charge in [-0.05, 0) is 36.6 Å². The largest absolute Gasteiger partial charge is 0.390 e. The number of piperidine rings is 1. The van der Waals surface area contributed by atoms with E-state index < -0.39 is 6.10 Å². The summed E-state index contributed by atoms with van der Waals surface area (Å²) in [6.07, 6.45) is 5.34. The number of hydrogen-bond donors (Lipinski definition) is 3. The van der Waals surface area contributed by atoms with Crippen LogP contribution in [0.3, 0.4) is 0 Å². The van der Waals surface area contributed by atoms with E-state index in [2.05, 4.69) is 31.6 Å². The van der Waals surface area contributed by atoms with Crippen LogP contribution in [0.25, 0.3) is 0 Å². The number of anilines is 1. The molecule has 2 aromatic rings. The van der Waals surface area contributed by atoms with Crippen molar-refractivity contribution in [1.29, 1.82) is 0 Å². The molecule has 33 heavy (non-hydrogen) atoms. The van der Waals surface area contributed by atoms with E-state index in [1.165, 1.54) is 5.56 Å². The normalized spacial score (nSPS) is 17.8. The minimum absolute atomic E-state index is 0.106. The Bertz CT molecular complexity index is 976. The van der Waals surface area contributed by atoms with Gasteiger partial charge < -0.3 is 20.6 Å². The number of carbonyl (C=O) groups is 2. The molecule has 0 aliphatic carbocycles. The van der Waals surface area contributed by atoms with Crippen LogP contribution in [0.4, 0.5) is 5.82 Å². The SMILES string of the molecule is CC(=O)N1CCC(Nc2cc(C(=O)NC[C@H](O)CN3CCc4ncccc4C3)ccn2)CC1. The molecule has 0 spiro atoms. The Morgan fingerprint density at radius 2 is 2.00 bits per heavy atom. The average Bonchev–Trinajstić information content (AvgIpc) is 2.83. The van der Waals surface area contributed by atoms with E-state index in [0.717, 1.165) is 51.1 Å². The number of pyridine rings is 2. The predicted octanol–water partition coefficient (Wildman–Crippen LogP) is 1.05.